The van der Waals surface area contributed by atoms with Gasteiger partial charge < -0.3 is 5.73 Å². The van der Waals surface area contributed by atoms with Gasteiger partial charge in [-0.15, -0.1) is 0 Å². The van der Waals surface area contributed by atoms with Crippen LogP contribution in [0.5, 0.6) is 0 Å². The summed E-state index contributed by atoms with van der Waals surface area (Å²) in [6.45, 7) is 2.10. The summed E-state index contributed by atoms with van der Waals surface area (Å²) in [5.74, 6) is 0.566. The third-order valence-corrected chi connectivity index (χ3v) is 4.29. The molecule has 0 radical (unpaired) electrons. The van der Waals surface area contributed by atoms with Crippen molar-refractivity contribution in [2.45, 2.75) is 6.92 Å². The summed E-state index contributed by atoms with van der Waals surface area (Å²) in [7, 11) is 0. The number of hydrogen-bond acceptors (Lipinski definition) is 2. The lowest BCUT2D eigenvalue weighted by Gasteiger charge is -2.16. The monoisotopic (exact) mass is 310 g/mol. The van der Waals surface area contributed by atoms with Gasteiger partial charge in [-0.05, 0) is 30.2 Å². The molecule has 116 valence electrons. The van der Waals surface area contributed by atoms with Crippen LogP contribution >= 0.6 is 0 Å². The molecule has 2 heteroatoms. The van der Waals surface area contributed by atoms with Crippen LogP contribution in [0.3, 0.4) is 0 Å². The first-order valence-corrected chi connectivity index (χ1v) is 8.05. The van der Waals surface area contributed by atoms with Crippen molar-refractivity contribution in [1.29, 1.82) is 0 Å². The number of hydrogen-bond donors (Lipinski definition) is 1. The minimum Gasteiger partial charge on any atom is -0.383 e. The first-order valence-electron chi connectivity index (χ1n) is 8.05. The number of benzene rings is 3. The number of fused-ring (bicyclic) bond motifs is 1. The van der Waals surface area contributed by atoms with Crippen LogP contribution in [0.15, 0.2) is 78.9 Å². The summed E-state index contributed by atoms with van der Waals surface area (Å²) in [6, 6.07) is 27.0. The maximum Gasteiger partial charge on any atom is 0.132 e. The van der Waals surface area contributed by atoms with Crippen LogP contribution in [0, 0.1) is 6.92 Å². The molecule has 3 aromatic carbocycles. The number of anilines is 1. The Morgan fingerprint density at radius 1 is 0.708 bits per heavy atom. The van der Waals surface area contributed by atoms with Crippen molar-refractivity contribution in [2.24, 2.45) is 0 Å². The van der Waals surface area contributed by atoms with Crippen molar-refractivity contribution in [3.8, 4) is 22.3 Å². The van der Waals surface area contributed by atoms with Crippen molar-refractivity contribution in [3.05, 3.63) is 84.4 Å². The number of nitrogens with zero attached hydrogens (tertiary/aromatic N) is 1. The van der Waals surface area contributed by atoms with Crippen LogP contribution in [-0.2, 0) is 0 Å². The highest BCUT2D eigenvalue weighted by Gasteiger charge is 2.16. The highest BCUT2D eigenvalue weighted by Crippen LogP contribution is 2.40. The van der Waals surface area contributed by atoms with E-state index >= 15 is 0 Å². The molecule has 1 aromatic heterocycles. The molecule has 0 atom stereocenters. The summed E-state index contributed by atoms with van der Waals surface area (Å²) in [4.78, 5) is 4.66. The third-order valence-electron chi connectivity index (χ3n) is 4.29. The maximum atomic E-state index is 6.38. The molecule has 0 spiro atoms. The zero-order valence-electron chi connectivity index (χ0n) is 13.5. The van der Waals surface area contributed by atoms with Gasteiger partial charge in [-0.2, -0.15) is 0 Å². The standard InChI is InChI=1S/C22H18N2/c1-15-12-13-19-18(14-15)20(16-8-4-2-5-9-16)21(22(23)24-19)17-10-6-3-7-11-17/h2-14H,1H3,(H2,23,24). The molecule has 0 aliphatic heterocycles. The Labute approximate surface area is 141 Å². The molecule has 1 heterocycles. The molecule has 0 amide bonds. The van der Waals surface area contributed by atoms with Gasteiger partial charge >= 0.3 is 0 Å². The first kappa shape index (κ1) is 14.5. The molecule has 0 aliphatic rings. The molecule has 0 fully saturated rings. The number of nitrogen functional groups attached to an aromatic ring is 1. The Kier molecular flexibility index (Phi) is 3.51. The van der Waals surface area contributed by atoms with E-state index in [2.05, 4.69) is 60.4 Å². The average Bonchev–Trinajstić information content (AvgIpc) is 2.62. The van der Waals surface area contributed by atoms with E-state index < -0.39 is 0 Å². The zero-order chi connectivity index (χ0) is 16.5. The van der Waals surface area contributed by atoms with Crippen LogP contribution < -0.4 is 5.73 Å². The number of pyridine rings is 1. The number of rotatable bonds is 2. The Balaban J connectivity index is 2.17. The van der Waals surface area contributed by atoms with Crippen molar-refractivity contribution >= 4 is 16.7 Å². The van der Waals surface area contributed by atoms with Crippen molar-refractivity contribution in [3.63, 3.8) is 0 Å². The zero-order valence-corrected chi connectivity index (χ0v) is 13.5. The first-order chi connectivity index (χ1) is 11.7. The van der Waals surface area contributed by atoms with Gasteiger partial charge in [0.25, 0.3) is 0 Å². The lowest BCUT2D eigenvalue weighted by molar-refractivity contribution is 1.39. The minimum absolute atomic E-state index is 0.566. The fourth-order valence-corrected chi connectivity index (χ4v) is 3.20. The second kappa shape index (κ2) is 5.82. The predicted molar refractivity (Wildman–Crippen MR) is 102 cm³/mol. The molecule has 0 bridgehead atoms. The van der Waals surface area contributed by atoms with Crippen molar-refractivity contribution in [2.75, 3.05) is 5.73 Å². The third kappa shape index (κ3) is 2.42. The highest BCUT2D eigenvalue weighted by molar-refractivity contribution is 6.05. The smallest absolute Gasteiger partial charge is 0.132 e. The Hall–Kier alpha value is -3.13. The van der Waals surface area contributed by atoms with E-state index in [4.69, 9.17) is 5.73 Å². The maximum absolute atomic E-state index is 6.38. The molecule has 2 nitrogen and oxygen atoms in total. The van der Waals surface area contributed by atoms with Crippen LogP contribution in [0.1, 0.15) is 5.56 Å². The fraction of sp³-hybridized carbons (Fsp3) is 0.0455. The Morgan fingerprint density at radius 2 is 1.29 bits per heavy atom. The minimum atomic E-state index is 0.566. The normalized spacial score (nSPS) is 10.9. The van der Waals surface area contributed by atoms with Crippen molar-refractivity contribution < 1.29 is 0 Å². The SMILES string of the molecule is Cc1ccc2nc(N)c(-c3ccccc3)c(-c3ccccc3)c2c1. The van der Waals surface area contributed by atoms with Crippen molar-refractivity contribution in [1.82, 2.24) is 4.98 Å². The van der Waals surface area contributed by atoms with Gasteiger partial charge in [0.2, 0.25) is 0 Å². The summed E-state index contributed by atoms with van der Waals surface area (Å²) in [5.41, 5.74) is 12.9. The van der Waals surface area contributed by atoms with Crippen LogP contribution in [0.25, 0.3) is 33.2 Å². The van der Waals surface area contributed by atoms with Gasteiger partial charge in [0.15, 0.2) is 0 Å². The summed E-state index contributed by atoms with van der Waals surface area (Å²) >= 11 is 0. The second-order valence-corrected chi connectivity index (χ2v) is 6.00. The highest BCUT2D eigenvalue weighted by atomic mass is 14.8. The molecule has 0 saturated carbocycles. The molecule has 4 rings (SSSR count). The molecule has 2 N–H and O–H groups in total. The number of nitrogens with two attached hydrogens (primary N) is 1. The lowest BCUT2D eigenvalue weighted by Crippen LogP contribution is -1.99. The van der Waals surface area contributed by atoms with Crippen LogP contribution in [0.2, 0.25) is 0 Å². The summed E-state index contributed by atoms with van der Waals surface area (Å²) in [6.07, 6.45) is 0. The summed E-state index contributed by atoms with van der Waals surface area (Å²) < 4.78 is 0. The van der Waals surface area contributed by atoms with E-state index in [-0.39, 0.29) is 0 Å². The average molecular weight is 310 g/mol. The number of aromatic nitrogens is 1. The molecular weight excluding hydrogens is 292 g/mol. The Morgan fingerprint density at radius 3 is 1.92 bits per heavy atom. The molecule has 0 unspecified atom stereocenters. The quantitative estimate of drug-likeness (QED) is 0.534. The van der Waals surface area contributed by atoms with E-state index in [0.29, 0.717) is 5.82 Å². The molecular formula is C22H18N2. The molecule has 0 aliphatic carbocycles. The number of aryl methyl sites for hydroxylation is 1. The topological polar surface area (TPSA) is 38.9 Å². The summed E-state index contributed by atoms with van der Waals surface area (Å²) in [5, 5.41) is 1.13. The second-order valence-electron chi connectivity index (χ2n) is 6.00. The lowest BCUT2D eigenvalue weighted by atomic mass is 9.91. The van der Waals surface area contributed by atoms with Gasteiger partial charge in [-0.3, -0.25) is 0 Å². The van der Waals surface area contributed by atoms with Gasteiger partial charge in [-0.1, -0.05) is 72.3 Å². The molecule has 0 saturated heterocycles. The van der Waals surface area contributed by atoms with Crippen LogP contribution in [-0.4, -0.2) is 4.98 Å². The molecule has 24 heavy (non-hydrogen) atoms. The van der Waals surface area contributed by atoms with E-state index in [1.807, 2.05) is 30.3 Å². The van der Waals surface area contributed by atoms with Crippen LogP contribution in [0.4, 0.5) is 5.82 Å². The van der Waals surface area contributed by atoms with Gasteiger partial charge in [-0.25, -0.2) is 4.98 Å². The van der Waals surface area contributed by atoms with E-state index in [0.717, 1.165) is 33.2 Å². The van der Waals surface area contributed by atoms with Gasteiger partial charge in [0, 0.05) is 16.5 Å². The van der Waals surface area contributed by atoms with E-state index in [1.54, 1.807) is 0 Å². The van der Waals surface area contributed by atoms with Gasteiger partial charge in [0.1, 0.15) is 5.82 Å². The largest absolute Gasteiger partial charge is 0.383 e. The predicted octanol–water partition coefficient (Wildman–Crippen LogP) is 5.46. The Bertz CT molecular complexity index is 1010. The van der Waals surface area contributed by atoms with E-state index in [1.165, 1.54) is 5.56 Å². The van der Waals surface area contributed by atoms with E-state index in [9.17, 15) is 0 Å². The molecule has 4 aromatic rings. The van der Waals surface area contributed by atoms with Gasteiger partial charge in [0.05, 0.1) is 5.52 Å². The fourth-order valence-electron chi connectivity index (χ4n) is 3.20.